The van der Waals surface area contributed by atoms with Crippen molar-refractivity contribution in [3.8, 4) is 0 Å². The topological polar surface area (TPSA) is 84.9 Å². The molecule has 10 heteroatoms. The fourth-order valence-corrected chi connectivity index (χ4v) is 3.64. The number of ether oxygens (including phenoxy) is 1. The summed E-state index contributed by atoms with van der Waals surface area (Å²) in [6, 6.07) is 26.4. The molecule has 0 fully saturated rings. The highest BCUT2D eigenvalue weighted by atomic mass is 19.4. The molecule has 0 aromatic heterocycles. The number of hydrogen-bond donors (Lipinski definition) is 1. The number of carbonyl (C=O) groups excluding carboxylic acids is 3. The van der Waals surface area contributed by atoms with Crippen LogP contribution < -0.4 is 5.32 Å². The normalized spacial score (nSPS) is 11.9. The van der Waals surface area contributed by atoms with E-state index in [0.717, 1.165) is 11.1 Å². The Bertz CT molecular complexity index is 1190. The molecule has 2 amide bonds. The SMILES string of the molecule is O=C(CNC(=O)C(Cc1ccccc1)CN(OCc1ccccc1)C(=O)CC(F)(F)F)OCc1ccccc1. The van der Waals surface area contributed by atoms with Crippen molar-refractivity contribution < 1.29 is 37.1 Å². The summed E-state index contributed by atoms with van der Waals surface area (Å²) in [6.45, 7) is -1.05. The van der Waals surface area contributed by atoms with E-state index in [1.54, 1.807) is 84.9 Å². The fraction of sp³-hybridized carbons (Fsp3) is 0.276. The van der Waals surface area contributed by atoms with Crippen molar-refractivity contribution in [1.29, 1.82) is 0 Å². The Morgan fingerprint density at radius 3 is 1.82 bits per heavy atom. The average Bonchev–Trinajstić information content (AvgIpc) is 2.93. The number of rotatable bonds is 13. The van der Waals surface area contributed by atoms with Gasteiger partial charge in [-0.15, -0.1) is 0 Å². The van der Waals surface area contributed by atoms with Crippen LogP contribution in [0.25, 0.3) is 0 Å². The first-order valence-corrected chi connectivity index (χ1v) is 12.2. The molecule has 1 N–H and O–H groups in total. The first kappa shape index (κ1) is 29.4. The van der Waals surface area contributed by atoms with Crippen LogP contribution in [0.1, 0.15) is 23.1 Å². The lowest BCUT2D eigenvalue weighted by Gasteiger charge is -2.27. The second-order valence-electron chi connectivity index (χ2n) is 8.76. The number of nitrogens with one attached hydrogen (secondary N) is 1. The lowest BCUT2D eigenvalue weighted by atomic mass is 9.98. The summed E-state index contributed by atoms with van der Waals surface area (Å²) in [5, 5.41) is 3.06. The number of halogens is 3. The molecule has 0 radical (unpaired) electrons. The van der Waals surface area contributed by atoms with Gasteiger partial charge in [0.05, 0.1) is 12.5 Å². The zero-order chi connectivity index (χ0) is 28.1. The molecule has 3 aromatic rings. The lowest BCUT2D eigenvalue weighted by molar-refractivity contribution is -0.209. The van der Waals surface area contributed by atoms with Crippen molar-refractivity contribution >= 4 is 17.8 Å². The van der Waals surface area contributed by atoms with E-state index in [1.807, 2.05) is 6.07 Å². The van der Waals surface area contributed by atoms with E-state index in [0.29, 0.717) is 10.6 Å². The zero-order valence-corrected chi connectivity index (χ0v) is 21.1. The number of nitrogens with zero attached hydrogens (tertiary/aromatic N) is 1. The molecule has 0 aliphatic rings. The van der Waals surface area contributed by atoms with Crippen molar-refractivity contribution in [2.75, 3.05) is 13.1 Å². The number of hydroxylamine groups is 2. The van der Waals surface area contributed by atoms with Crippen molar-refractivity contribution in [1.82, 2.24) is 10.4 Å². The van der Waals surface area contributed by atoms with E-state index in [4.69, 9.17) is 9.57 Å². The maximum Gasteiger partial charge on any atom is 0.397 e. The predicted molar refractivity (Wildman–Crippen MR) is 136 cm³/mol. The maximum absolute atomic E-state index is 13.1. The fourth-order valence-electron chi connectivity index (χ4n) is 3.64. The Morgan fingerprint density at radius 1 is 0.769 bits per heavy atom. The molecule has 1 unspecified atom stereocenters. The summed E-state index contributed by atoms with van der Waals surface area (Å²) in [5.74, 6) is -3.66. The number of alkyl halides is 3. The number of esters is 1. The van der Waals surface area contributed by atoms with Gasteiger partial charge in [0.15, 0.2) is 0 Å². The third-order valence-corrected chi connectivity index (χ3v) is 5.59. The van der Waals surface area contributed by atoms with E-state index in [2.05, 4.69) is 5.32 Å². The smallest absolute Gasteiger partial charge is 0.397 e. The number of hydrogen-bond acceptors (Lipinski definition) is 5. The molecular formula is C29H29F3N2O5. The van der Waals surface area contributed by atoms with Crippen LogP contribution in [0.5, 0.6) is 0 Å². The highest BCUT2D eigenvalue weighted by Crippen LogP contribution is 2.22. The first-order chi connectivity index (χ1) is 18.7. The standard InChI is InChI=1S/C29H29F3N2O5/c30-29(31,32)17-26(35)34(39-21-24-14-8-3-9-15-24)19-25(16-22-10-4-1-5-11-22)28(37)33-18-27(36)38-20-23-12-6-2-7-13-23/h1-15,25H,16-21H2,(H,33,37). The molecule has 0 saturated carbocycles. The van der Waals surface area contributed by atoms with Crippen LogP contribution in [0.3, 0.4) is 0 Å². The molecule has 0 heterocycles. The molecule has 0 saturated heterocycles. The Morgan fingerprint density at radius 2 is 1.28 bits per heavy atom. The van der Waals surface area contributed by atoms with Crippen LogP contribution in [-0.2, 0) is 43.6 Å². The summed E-state index contributed by atoms with van der Waals surface area (Å²) in [4.78, 5) is 43.3. The van der Waals surface area contributed by atoms with E-state index in [1.165, 1.54) is 0 Å². The summed E-state index contributed by atoms with van der Waals surface area (Å²) in [7, 11) is 0. The Balaban J connectivity index is 1.69. The molecule has 7 nitrogen and oxygen atoms in total. The summed E-state index contributed by atoms with van der Waals surface area (Å²) in [5.41, 5.74) is 2.12. The van der Waals surface area contributed by atoms with Gasteiger partial charge in [-0.3, -0.25) is 19.2 Å². The van der Waals surface area contributed by atoms with Crippen LogP contribution >= 0.6 is 0 Å². The summed E-state index contributed by atoms with van der Waals surface area (Å²) in [6.07, 6.45) is -6.41. The van der Waals surface area contributed by atoms with Crippen LogP contribution in [0.4, 0.5) is 13.2 Å². The minimum absolute atomic E-state index is 0.0238. The van der Waals surface area contributed by atoms with Gasteiger partial charge in [0, 0.05) is 0 Å². The molecule has 0 aliphatic carbocycles. The average molecular weight is 543 g/mol. The molecule has 0 aliphatic heterocycles. The van der Waals surface area contributed by atoms with Crippen molar-refractivity contribution in [3.05, 3.63) is 108 Å². The van der Waals surface area contributed by atoms with E-state index in [9.17, 15) is 27.6 Å². The van der Waals surface area contributed by atoms with Crippen molar-refractivity contribution in [2.45, 2.75) is 32.2 Å². The second kappa shape index (κ2) is 14.7. The minimum Gasteiger partial charge on any atom is -0.460 e. The van der Waals surface area contributed by atoms with Crippen LogP contribution in [0.15, 0.2) is 91.0 Å². The Kier molecular flexibility index (Phi) is 11.1. The van der Waals surface area contributed by atoms with Crippen LogP contribution in [0.2, 0.25) is 0 Å². The van der Waals surface area contributed by atoms with Gasteiger partial charge in [0.25, 0.3) is 5.91 Å². The Hall–Kier alpha value is -4.18. The quantitative estimate of drug-likeness (QED) is 0.252. The van der Waals surface area contributed by atoms with E-state index in [-0.39, 0.29) is 19.6 Å². The molecule has 206 valence electrons. The first-order valence-electron chi connectivity index (χ1n) is 12.2. The van der Waals surface area contributed by atoms with Gasteiger partial charge in [-0.25, -0.2) is 5.06 Å². The highest BCUT2D eigenvalue weighted by molar-refractivity contribution is 5.84. The van der Waals surface area contributed by atoms with Gasteiger partial charge in [0.2, 0.25) is 5.91 Å². The van der Waals surface area contributed by atoms with Gasteiger partial charge in [0.1, 0.15) is 26.2 Å². The highest BCUT2D eigenvalue weighted by Gasteiger charge is 2.35. The molecule has 1 atom stereocenters. The summed E-state index contributed by atoms with van der Waals surface area (Å²) < 4.78 is 44.3. The van der Waals surface area contributed by atoms with Crippen LogP contribution in [-0.4, -0.2) is 42.1 Å². The summed E-state index contributed by atoms with van der Waals surface area (Å²) >= 11 is 0. The largest absolute Gasteiger partial charge is 0.460 e. The lowest BCUT2D eigenvalue weighted by Crippen LogP contribution is -2.44. The van der Waals surface area contributed by atoms with Gasteiger partial charge >= 0.3 is 12.1 Å². The zero-order valence-electron chi connectivity index (χ0n) is 21.1. The van der Waals surface area contributed by atoms with Crippen molar-refractivity contribution in [3.63, 3.8) is 0 Å². The third-order valence-electron chi connectivity index (χ3n) is 5.59. The molecular weight excluding hydrogens is 513 g/mol. The number of amides is 2. The molecule has 39 heavy (non-hydrogen) atoms. The van der Waals surface area contributed by atoms with Gasteiger partial charge in [-0.2, -0.15) is 13.2 Å². The molecule has 3 aromatic carbocycles. The molecule has 0 spiro atoms. The Labute approximate surface area is 224 Å². The van der Waals surface area contributed by atoms with Crippen LogP contribution in [0, 0.1) is 5.92 Å². The minimum atomic E-state index is -4.76. The van der Waals surface area contributed by atoms with Gasteiger partial charge in [-0.05, 0) is 23.1 Å². The van der Waals surface area contributed by atoms with E-state index < -0.39 is 49.4 Å². The monoisotopic (exact) mass is 542 g/mol. The van der Waals surface area contributed by atoms with Gasteiger partial charge in [-0.1, -0.05) is 91.0 Å². The predicted octanol–water partition coefficient (Wildman–Crippen LogP) is 4.62. The third kappa shape index (κ3) is 11.0. The maximum atomic E-state index is 13.1. The van der Waals surface area contributed by atoms with Crippen molar-refractivity contribution in [2.24, 2.45) is 5.92 Å². The second-order valence-corrected chi connectivity index (χ2v) is 8.76. The number of carbonyl (C=O) groups is 3. The molecule has 3 rings (SSSR count). The van der Waals surface area contributed by atoms with Gasteiger partial charge < -0.3 is 10.1 Å². The van der Waals surface area contributed by atoms with E-state index >= 15 is 0 Å². The molecule has 0 bridgehead atoms. The number of benzene rings is 3.